The van der Waals surface area contributed by atoms with Crippen LogP contribution in [0.15, 0.2) is 72.9 Å². The molecule has 0 fully saturated rings. The van der Waals surface area contributed by atoms with Gasteiger partial charge in [0.1, 0.15) is 19.8 Å². The second-order valence-corrected chi connectivity index (χ2v) is 21.3. The maximum Gasteiger partial charge on any atom is 0.306 e. The first-order valence-electron chi connectivity index (χ1n) is 28.1. The molecule has 0 aliphatic carbocycles. The molecule has 400 valence electrons. The number of phosphoric acid groups is 1. The summed E-state index contributed by atoms with van der Waals surface area (Å²) in [4.78, 5) is 37.8. The van der Waals surface area contributed by atoms with Crippen molar-refractivity contribution >= 4 is 19.8 Å². The summed E-state index contributed by atoms with van der Waals surface area (Å²) in [6, 6.07) is 0. The molecule has 0 N–H and O–H groups in total. The third-order valence-electron chi connectivity index (χ3n) is 12.0. The second-order valence-electron chi connectivity index (χ2n) is 19.9. The number of ether oxygens (including phenoxy) is 2. The molecule has 0 amide bonds. The van der Waals surface area contributed by atoms with Crippen LogP contribution in [0, 0.1) is 0 Å². The van der Waals surface area contributed by atoms with Crippen molar-refractivity contribution in [1.82, 2.24) is 0 Å². The lowest BCUT2D eigenvalue weighted by molar-refractivity contribution is -0.870. The monoisotopic (exact) mass is 988 g/mol. The normalized spacial score (nSPS) is 13.9. The summed E-state index contributed by atoms with van der Waals surface area (Å²) in [6.07, 6.45) is 65.1. The van der Waals surface area contributed by atoms with E-state index in [0.717, 1.165) is 83.5 Å². The van der Waals surface area contributed by atoms with E-state index < -0.39 is 26.5 Å². The van der Waals surface area contributed by atoms with Crippen LogP contribution < -0.4 is 4.89 Å². The topological polar surface area (TPSA) is 111 Å². The van der Waals surface area contributed by atoms with Crippen LogP contribution in [0.5, 0.6) is 0 Å². The number of carbonyl (C=O) groups excluding carboxylic acids is 2. The zero-order valence-corrected chi connectivity index (χ0v) is 46.1. The van der Waals surface area contributed by atoms with E-state index in [-0.39, 0.29) is 32.0 Å². The fourth-order valence-corrected chi connectivity index (χ4v) is 8.39. The van der Waals surface area contributed by atoms with Crippen LogP contribution in [-0.4, -0.2) is 70.0 Å². The molecule has 0 aromatic carbocycles. The summed E-state index contributed by atoms with van der Waals surface area (Å²) in [5.74, 6) is -0.838. The third-order valence-corrected chi connectivity index (χ3v) is 13.0. The predicted molar refractivity (Wildman–Crippen MR) is 291 cm³/mol. The van der Waals surface area contributed by atoms with Gasteiger partial charge in [0.15, 0.2) is 6.10 Å². The van der Waals surface area contributed by atoms with Crippen LogP contribution in [0.25, 0.3) is 0 Å². The molecule has 0 saturated heterocycles. The Labute approximate surface area is 425 Å². The van der Waals surface area contributed by atoms with Gasteiger partial charge >= 0.3 is 11.9 Å². The number of hydrogen-bond donors (Lipinski definition) is 0. The highest BCUT2D eigenvalue weighted by atomic mass is 31.2. The minimum absolute atomic E-state index is 0.0343. The summed E-state index contributed by atoms with van der Waals surface area (Å²) < 4.78 is 34.1. The number of allylic oxidation sites excluding steroid dienone is 12. The molecule has 69 heavy (non-hydrogen) atoms. The fourth-order valence-electron chi connectivity index (χ4n) is 7.66. The average Bonchev–Trinajstić information content (AvgIpc) is 3.31. The first-order chi connectivity index (χ1) is 33.5. The first-order valence-corrected chi connectivity index (χ1v) is 29.6. The van der Waals surface area contributed by atoms with E-state index in [9.17, 15) is 19.0 Å². The molecule has 0 aromatic heterocycles. The standard InChI is InChI=1S/C59H106NO8P/c1-6-8-10-12-14-16-18-20-22-24-26-27-28-29-30-31-32-33-34-36-38-40-42-44-46-48-50-52-59(62)68-57(56-67-69(63,64)66-54-53-60(3,4)5)55-65-58(61)51-49-47-45-43-41-39-37-35-25-23-21-19-17-15-13-11-9-7-2/h8,10,14,16,20,22,26-27,29-30,32-33,57H,6-7,9,11-13,15,17-19,21,23-25,28,31,34-56H2,1-5H3/b10-8-,16-14-,22-20-,27-26-,30-29-,33-32-. The van der Waals surface area contributed by atoms with Crippen molar-refractivity contribution in [2.75, 3.05) is 47.5 Å². The molecule has 0 aromatic rings. The third kappa shape index (κ3) is 54.6. The van der Waals surface area contributed by atoms with Crippen molar-refractivity contribution in [3.05, 3.63) is 72.9 Å². The highest BCUT2D eigenvalue weighted by molar-refractivity contribution is 7.45. The second kappa shape index (κ2) is 50.4. The lowest BCUT2D eigenvalue weighted by Crippen LogP contribution is -2.37. The lowest BCUT2D eigenvalue weighted by Gasteiger charge is -2.28. The Kier molecular flexibility index (Phi) is 48.5. The van der Waals surface area contributed by atoms with Gasteiger partial charge in [-0.3, -0.25) is 14.2 Å². The molecule has 2 atom stereocenters. The van der Waals surface area contributed by atoms with Crippen LogP contribution in [0.1, 0.15) is 239 Å². The predicted octanol–water partition coefficient (Wildman–Crippen LogP) is 16.7. The SMILES string of the molecule is CC/C=C\C/C=C\C/C=C\C/C=C\C/C=C\C/C=C\CCCCCCCCCCC(=O)OC(COC(=O)CCCCCCCCCCCCCCCCCCCC)COP(=O)([O-])OCC[N+](C)(C)C. The highest BCUT2D eigenvalue weighted by Crippen LogP contribution is 2.38. The number of likely N-dealkylation sites (N-methyl/N-ethyl adjacent to an activating group) is 1. The van der Waals surface area contributed by atoms with Crippen molar-refractivity contribution < 1.29 is 42.1 Å². The molecule has 0 radical (unpaired) electrons. The summed E-state index contributed by atoms with van der Waals surface area (Å²) in [6.45, 7) is 4.13. The Morgan fingerprint density at radius 2 is 0.826 bits per heavy atom. The number of unbranched alkanes of at least 4 members (excludes halogenated alkanes) is 25. The van der Waals surface area contributed by atoms with Crippen LogP contribution in [0.3, 0.4) is 0 Å². The minimum atomic E-state index is -4.64. The molecule has 0 spiro atoms. The van der Waals surface area contributed by atoms with E-state index in [1.165, 1.54) is 122 Å². The number of esters is 2. The Morgan fingerprint density at radius 3 is 1.23 bits per heavy atom. The zero-order valence-electron chi connectivity index (χ0n) is 45.2. The number of carbonyl (C=O) groups is 2. The lowest BCUT2D eigenvalue weighted by atomic mass is 10.0. The number of hydrogen-bond acceptors (Lipinski definition) is 8. The van der Waals surface area contributed by atoms with Crippen LogP contribution >= 0.6 is 7.82 Å². The first kappa shape index (κ1) is 66.5. The van der Waals surface area contributed by atoms with Gasteiger partial charge in [0.2, 0.25) is 0 Å². The number of nitrogens with zero attached hydrogens (tertiary/aromatic N) is 1. The summed E-state index contributed by atoms with van der Waals surface area (Å²) in [5.41, 5.74) is 0. The molecule has 0 bridgehead atoms. The van der Waals surface area contributed by atoms with Gasteiger partial charge in [-0.15, -0.1) is 0 Å². The number of quaternary nitrogens is 1. The van der Waals surface area contributed by atoms with E-state index in [4.69, 9.17) is 18.5 Å². The molecule has 0 aliphatic heterocycles. The fraction of sp³-hybridized carbons (Fsp3) is 0.763. The highest BCUT2D eigenvalue weighted by Gasteiger charge is 2.21. The van der Waals surface area contributed by atoms with E-state index in [1.807, 2.05) is 21.1 Å². The summed E-state index contributed by atoms with van der Waals surface area (Å²) in [5, 5.41) is 0. The van der Waals surface area contributed by atoms with E-state index in [2.05, 4.69) is 86.8 Å². The van der Waals surface area contributed by atoms with Crippen molar-refractivity contribution in [2.24, 2.45) is 0 Å². The van der Waals surface area contributed by atoms with Gasteiger partial charge in [-0.1, -0.05) is 234 Å². The molecular weight excluding hydrogens is 882 g/mol. The van der Waals surface area contributed by atoms with Gasteiger partial charge in [-0.25, -0.2) is 0 Å². The largest absolute Gasteiger partial charge is 0.756 e. The summed E-state index contributed by atoms with van der Waals surface area (Å²) in [7, 11) is 1.16. The zero-order chi connectivity index (χ0) is 50.6. The molecule has 0 saturated carbocycles. The van der Waals surface area contributed by atoms with Gasteiger partial charge in [0.05, 0.1) is 27.7 Å². The molecule has 0 rings (SSSR count). The van der Waals surface area contributed by atoms with Crippen LogP contribution in [-0.2, 0) is 32.7 Å². The Bertz CT molecular complexity index is 1400. The molecule has 2 unspecified atom stereocenters. The van der Waals surface area contributed by atoms with Crippen molar-refractivity contribution in [2.45, 2.75) is 245 Å². The average molecular weight is 988 g/mol. The van der Waals surface area contributed by atoms with E-state index in [0.29, 0.717) is 17.4 Å². The van der Waals surface area contributed by atoms with E-state index in [1.54, 1.807) is 0 Å². The van der Waals surface area contributed by atoms with Crippen molar-refractivity contribution in [1.29, 1.82) is 0 Å². The number of phosphoric ester groups is 1. The van der Waals surface area contributed by atoms with Crippen LogP contribution in [0.4, 0.5) is 0 Å². The van der Waals surface area contributed by atoms with Crippen LogP contribution in [0.2, 0.25) is 0 Å². The molecule has 10 heteroatoms. The molecular formula is C59H106NO8P. The minimum Gasteiger partial charge on any atom is -0.756 e. The smallest absolute Gasteiger partial charge is 0.306 e. The Hall–Kier alpha value is -2.55. The summed E-state index contributed by atoms with van der Waals surface area (Å²) >= 11 is 0. The molecule has 0 heterocycles. The Morgan fingerprint density at radius 1 is 0.464 bits per heavy atom. The molecule has 0 aliphatic rings. The van der Waals surface area contributed by atoms with Crippen molar-refractivity contribution in [3.8, 4) is 0 Å². The van der Waals surface area contributed by atoms with Crippen molar-refractivity contribution in [3.63, 3.8) is 0 Å². The quantitative estimate of drug-likeness (QED) is 0.0195. The van der Waals surface area contributed by atoms with Gasteiger partial charge < -0.3 is 27.9 Å². The number of rotatable bonds is 51. The maximum absolute atomic E-state index is 12.8. The van der Waals surface area contributed by atoms with Gasteiger partial charge in [-0.2, -0.15) is 0 Å². The van der Waals surface area contributed by atoms with E-state index >= 15 is 0 Å². The van der Waals surface area contributed by atoms with Gasteiger partial charge in [0, 0.05) is 12.8 Å². The van der Waals surface area contributed by atoms with Gasteiger partial charge in [-0.05, 0) is 64.2 Å². The molecule has 9 nitrogen and oxygen atoms in total. The Balaban J connectivity index is 4.21. The maximum atomic E-state index is 12.8. The van der Waals surface area contributed by atoms with Gasteiger partial charge in [0.25, 0.3) is 7.82 Å².